The van der Waals surface area contributed by atoms with E-state index in [1.807, 2.05) is 127 Å². The summed E-state index contributed by atoms with van der Waals surface area (Å²) in [6.07, 6.45) is 0. The van der Waals surface area contributed by atoms with Crippen LogP contribution in [0.2, 0.25) is 0 Å². The van der Waals surface area contributed by atoms with Gasteiger partial charge in [0.2, 0.25) is 0 Å². The predicted octanol–water partition coefficient (Wildman–Crippen LogP) is 16.3. The molecule has 0 spiro atoms. The SMILES string of the molecule is [2H]c1c([2H])c(N(c2c([2H])c([2H])c(-c3cccc4c3oc3ccccc34)c([2H])c2[2H])c2cccc3oc4c5ccccc5ccc4c23)c([2H])c([2H])c1-c1cccc(-c2cccc3ccccc23)c1. The van der Waals surface area contributed by atoms with Crippen LogP contribution in [0.25, 0.3) is 98.8 Å². The van der Waals surface area contributed by atoms with Crippen LogP contribution in [0, 0.1) is 0 Å². The smallest absolute Gasteiger partial charge is 0.143 e. The Bertz CT molecular complexity index is 4000. The number of nitrogens with zero attached hydrogens (tertiary/aromatic N) is 1. The minimum absolute atomic E-state index is 0.0165. The van der Waals surface area contributed by atoms with Crippen LogP contribution in [-0.2, 0) is 0 Å². The molecule has 2 heterocycles. The van der Waals surface area contributed by atoms with Gasteiger partial charge in [-0.1, -0.05) is 158 Å². The summed E-state index contributed by atoms with van der Waals surface area (Å²) >= 11 is 0. The number of furan rings is 2. The molecule has 0 N–H and O–H groups in total. The lowest BCUT2D eigenvalue weighted by Gasteiger charge is -2.26. The standard InChI is InChI=1S/C56H35NO2/c1-3-16-44-37(11-1)13-8-19-45(44)41-15-7-14-40(35-41)36-25-30-42(31-26-36)57(51-22-10-24-53-54(51)50-34-29-38-12-2-4-17-46(38)56(50)59-53)43-32-27-39(28-33-43)47-20-9-21-49-48-18-5-6-23-52(48)58-55(47)49/h1-35H/i25D,26D,27D,28D,30D,31D,32D,33D. The highest BCUT2D eigenvalue weighted by atomic mass is 16.3. The molecule has 3 heteroatoms. The van der Waals surface area contributed by atoms with Gasteiger partial charge in [0.15, 0.2) is 0 Å². The molecule has 12 rings (SSSR count). The Hall–Kier alpha value is -7.88. The third-order valence-electron chi connectivity index (χ3n) is 11.2. The maximum Gasteiger partial charge on any atom is 0.143 e. The van der Waals surface area contributed by atoms with Crippen molar-refractivity contribution in [3.8, 4) is 33.4 Å². The Labute approximate surface area is 351 Å². The van der Waals surface area contributed by atoms with Crippen LogP contribution in [0.15, 0.2) is 221 Å². The van der Waals surface area contributed by atoms with Crippen LogP contribution in [0.4, 0.5) is 17.1 Å². The zero-order valence-corrected chi connectivity index (χ0v) is 31.4. The van der Waals surface area contributed by atoms with Crippen molar-refractivity contribution < 1.29 is 19.8 Å². The molecule has 0 saturated heterocycles. The lowest BCUT2D eigenvalue weighted by atomic mass is 9.95. The average Bonchev–Trinajstić information content (AvgIpc) is 3.94. The van der Waals surface area contributed by atoms with Crippen molar-refractivity contribution in [3.63, 3.8) is 0 Å². The van der Waals surface area contributed by atoms with Crippen LogP contribution in [0.3, 0.4) is 0 Å². The molecular formula is C56H35NO2. The maximum absolute atomic E-state index is 9.80. The van der Waals surface area contributed by atoms with Crippen LogP contribution in [0.5, 0.6) is 0 Å². The number of benzene rings is 10. The van der Waals surface area contributed by atoms with Crippen molar-refractivity contribution in [1.29, 1.82) is 0 Å². The molecule has 59 heavy (non-hydrogen) atoms. The molecule has 276 valence electrons. The topological polar surface area (TPSA) is 29.5 Å². The third kappa shape index (κ3) is 5.44. The third-order valence-corrected chi connectivity index (χ3v) is 11.2. The normalized spacial score (nSPS) is 13.6. The number of fused-ring (bicyclic) bond motifs is 9. The monoisotopic (exact) mass is 761 g/mol. The molecule has 0 bridgehead atoms. The summed E-state index contributed by atoms with van der Waals surface area (Å²) in [6.45, 7) is 0. The summed E-state index contributed by atoms with van der Waals surface area (Å²) in [6, 6.07) is 48.1. The van der Waals surface area contributed by atoms with Gasteiger partial charge < -0.3 is 13.7 Å². The highest BCUT2D eigenvalue weighted by molar-refractivity contribution is 6.19. The number of anilines is 3. The first-order chi connectivity index (χ1) is 32.6. The molecule has 0 fully saturated rings. The molecule has 0 aliphatic carbocycles. The van der Waals surface area contributed by atoms with Crippen molar-refractivity contribution in [1.82, 2.24) is 0 Å². The second kappa shape index (κ2) is 13.4. The van der Waals surface area contributed by atoms with Gasteiger partial charge in [0.1, 0.15) is 22.3 Å². The van der Waals surface area contributed by atoms with Gasteiger partial charge in [0, 0.05) is 38.5 Å². The number of hydrogen-bond acceptors (Lipinski definition) is 3. The van der Waals surface area contributed by atoms with E-state index in [4.69, 9.17) is 8.83 Å². The average molecular weight is 762 g/mol. The largest absolute Gasteiger partial charge is 0.455 e. The van der Waals surface area contributed by atoms with E-state index in [1.54, 1.807) is 36.4 Å². The highest BCUT2D eigenvalue weighted by Crippen LogP contribution is 2.45. The first-order valence-electron chi connectivity index (χ1n) is 23.4. The molecule has 0 saturated carbocycles. The van der Waals surface area contributed by atoms with Gasteiger partial charge in [-0.05, 0) is 98.5 Å². The molecule has 12 aromatic rings. The van der Waals surface area contributed by atoms with Gasteiger partial charge in [-0.25, -0.2) is 0 Å². The molecule has 10 aromatic carbocycles. The zero-order chi connectivity index (χ0) is 45.8. The quantitative estimate of drug-likeness (QED) is 0.169. The zero-order valence-electron chi connectivity index (χ0n) is 39.4. The first-order valence-corrected chi connectivity index (χ1v) is 19.4. The van der Waals surface area contributed by atoms with E-state index in [-0.39, 0.29) is 52.4 Å². The maximum atomic E-state index is 9.80. The Morgan fingerprint density at radius 1 is 0.356 bits per heavy atom. The summed E-state index contributed by atoms with van der Waals surface area (Å²) in [5, 5.41) is 6.69. The first kappa shape index (κ1) is 26.1. The van der Waals surface area contributed by atoms with Gasteiger partial charge in [-0.15, -0.1) is 0 Å². The number of rotatable bonds is 6. The Morgan fingerprint density at radius 2 is 0.932 bits per heavy atom. The molecule has 0 unspecified atom stereocenters. The Kier molecular flexibility index (Phi) is 5.92. The number of para-hydroxylation sites is 2. The minimum atomic E-state index is -0.455. The molecule has 0 aliphatic rings. The van der Waals surface area contributed by atoms with Crippen LogP contribution in [-0.4, -0.2) is 0 Å². The van der Waals surface area contributed by atoms with Crippen molar-refractivity contribution >= 4 is 82.5 Å². The van der Waals surface area contributed by atoms with Gasteiger partial charge >= 0.3 is 0 Å². The number of hydrogen-bond donors (Lipinski definition) is 0. The highest BCUT2D eigenvalue weighted by Gasteiger charge is 2.21. The van der Waals surface area contributed by atoms with E-state index in [0.717, 1.165) is 43.4 Å². The molecule has 2 aromatic heterocycles. The molecule has 0 atom stereocenters. The molecule has 0 aliphatic heterocycles. The summed E-state index contributed by atoms with van der Waals surface area (Å²) in [5.74, 6) is 0. The molecule has 0 radical (unpaired) electrons. The lowest BCUT2D eigenvalue weighted by Crippen LogP contribution is -2.10. The summed E-state index contributed by atoms with van der Waals surface area (Å²) in [4.78, 5) is 1.36. The lowest BCUT2D eigenvalue weighted by molar-refractivity contribution is 0.670. The minimum Gasteiger partial charge on any atom is -0.455 e. The second-order valence-electron chi connectivity index (χ2n) is 14.6. The second-order valence-corrected chi connectivity index (χ2v) is 14.6. The van der Waals surface area contributed by atoms with E-state index in [0.29, 0.717) is 44.2 Å². The Morgan fingerprint density at radius 3 is 1.76 bits per heavy atom. The van der Waals surface area contributed by atoms with Crippen LogP contribution in [0.1, 0.15) is 11.0 Å². The molecular weight excluding hydrogens is 719 g/mol. The fourth-order valence-electron chi connectivity index (χ4n) is 8.45. The fourth-order valence-corrected chi connectivity index (χ4v) is 8.45. The predicted molar refractivity (Wildman–Crippen MR) is 247 cm³/mol. The van der Waals surface area contributed by atoms with E-state index in [9.17, 15) is 11.0 Å². The van der Waals surface area contributed by atoms with Gasteiger partial charge in [-0.3, -0.25) is 0 Å². The van der Waals surface area contributed by atoms with E-state index < -0.39 is 24.2 Å². The summed E-state index contributed by atoms with van der Waals surface area (Å²) in [7, 11) is 0. The molecule has 3 nitrogen and oxygen atoms in total. The van der Waals surface area contributed by atoms with Crippen molar-refractivity contribution in [2.75, 3.05) is 4.90 Å². The van der Waals surface area contributed by atoms with Gasteiger partial charge in [-0.2, -0.15) is 0 Å². The van der Waals surface area contributed by atoms with E-state index in [1.165, 1.54) is 4.90 Å². The van der Waals surface area contributed by atoms with Crippen LogP contribution < -0.4 is 4.90 Å². The Balaban J connectivity index is 1.13. The van der Waals surface area contributed by atoms with Gasteiger partial charge in [0.05, 0.1) is 22.0 Å². The van der Waals surface area contributed by atoms with Crippen LogP contribution >= 0.6 is 0 Å². The fraction of sp³-hybridized carbons (Fsp3) is 0. The van der Waals surface area contributed by atoms with Crippen molar-refractivity contribution in [2.45, 2.75) is 0 Å². The molecule has 0 amide bonds. The van der Waals surface area contributed by atoms with Gasteiger partial charge in [0.25, 0.3) is 0 Å². The van der Waals surface area contributed by atoms with Crippen molar-refractivity contribution in [2.24, 2.45) is 0 Å². The summed E-state index contributed by atoms with van der Waals surface area (Å²) < 4.78 is 90.6. The van der Waals surface area contributed by atoms with E-state index in [2.05, 4.69) is 0 Å². The van der Waals surface area contributed by atoms with E-state index >= 15 is 0 Å². The van der Waals surface area contributed by atoms with Crippen molar-refractivity contribution in [3.05, 3.63) is 212 Å². The summed E-state index contributed by atoms with van der Waals surface area (Å²) in [5.41, 5.74) is 4.55.